The van der Waals surface area contributed by atoms with Gasteiger partial charge in [-0.25, -0.2) is 13.2 Å². The van der Waals surface area contributed by atoms with Gasteiger partial charge in [0, 0.05) is 12.6 Å². The van der Waals surface area contributed by atoms with Gasteiger partial charge in [-0.05, 0) is 6.42 Å². The molecule has 1 aliphatic heterocycles. The zero-order valence-electron chi connectivity index (χ0n) is 5.90. The van der Waals surface area contributed by atoms with E-state index in [1.165, 1.54) is 0 Å². The van der Waals surface area contributed by atoms with Crippen LogP contribution in [0.25, 0.3) is 0 Å². The van der Waals surface area contributed by atoms with Crippen molar-refractivity contribution in [1.29, 1.82) is 0 Å². The van der Waals surface area contributed by atoms with E-state index in [1.54, 1.807) is 0 Å². The highest BCUT2D eigenvalue weighted by Gasteiger charge is 2.24. The molecule has 0 aromatic carbocycles. The van der Waals surface area contributed by atoms with E-state index in [4.69, 9.17) is 4.74 Å². The first kappa shape index (κ1) is 8.80. The molecule has 0 radical (unpaired) electrons. The topological polar surface area (TPSA) is 21.3 Å². The molecule has 0 saturated carbocycles. The van der Waals surface area contributed by atoms with Crippen LogP contribution in [0.15, 0.2) is 0 Å². The summed E-state index contributed by atoms with van der Waals surface area (Å²) in [6.07, 6.45) is -4.56. The molecule has 2 unspecified atom stereocenters. The van der Waals surface area contributed by atoms with Gasteiger partial charge in [0.25, 0.3) is 6.43 Å². The van der Waals surface area contributed by atoms with Gasteiger partial charge in [0.15, 0.2) is 0 Å². The highest BCUT2D eigenvalue weighted by Crippen LogP contribution is 2.08. The Morgan fingerprint density at radius 2 is 2.09 bits per heavy atom. The van der Waals surface area contributed by atoms with Crippen molar-refractivity contribution in [2.75, 3.05) is 13.2 Å². The summed E-state index contributed by atoms with van der Waals surface area (Å²) < 4.78 is 40.3. The van der Waals surface area contributed by atoms with Crippen LogP contribution in [0.4, 0.5) is 13.2 Å². The highest BCUT2D eigenvalue weighted by molar-refractivity contribution is 4.73. The summed E-state index contributed by atoms with van der Waals surface area (Å²) in [6, 6.07) is -0.251. The second kappa shape index (κ2) is 3.92. The van der Waals surface area contributed by atoms with Crippen molar-refractivity contribution in [2.24, 2.45) is 0 Å². The molecule has 0 spiro atoms. The molecule has 0 aliphatic carbocycles. The molecule has 1 fully saturated rings. The average molecular weight is 169 g/mol. The van der Waals surface area contributed by atoms with E-state index in [2.05, 4.69) is 5.32 Å². The summed E-state index contributed by atoms with van der Waals surface area (Å²) >= 11 is 0. The number of ether oxygens (including phenoxy) is 1. The summed E-state index contributed by atoms with van der Waals surface area (Å²) in [6.45, 7) is 0.848. The van der Waals surface area contributed by atoms with Crippen molar-refractivity contribution in [2.45, 2.75) is 25.2 Å². The summed E-state index contributed by atoms with van der Waals surface area (Å²) in [5.41, 5.74) is 0. The van der Waals surface area contributed by atoms with E-state index >= 15 is 0 Å². The van der Waals surface area contributed by atoms with E-state index in [-0.39, 0.29) is 6.04 Å². The largest absolute Gasteiger partial charge is 0.380 e. The van der Waals surface area contributed by atoms with Gasteiger partial charge < -0.3 is 4.74 Å². The molecule has 1 saturated heterocycles. The van der Waals surface area contributed by atoms with E-state index in [0.717, 1.165) is 0 Å². The molecule has 0 bridgehead atoms. The van der Waals surface area contributed by atoms with E-state index < -0.39 is 12.7 Å². The minimum Gasteiger partial charge on any atom is -0.380 e. The Morgan fingerprint density at radius 1 is 1.36 bits per heavy atom. The second-order valence-electron chi connectivity index (χ2n) is 2.46. The maximum Gasteiger partial charge on any atom is 0.282 e. The third-order valence-electron chi connectivity index (χ3n) is 1.55. The van der Waals surface area contributed by atoms with E-state index in [1.807, 2.05) is 0 Å². The van der Waals surface area contributed by atoms with Crippen LogP contribution in [0.3, 0.4) is 0 Å². The number of hydrogen-bond donors (Lipinski definition) is 1. The summed E-state index contributed by atoms with van der Waals surface area (Å²) in [5, 5.41) is 2.14. The summed E-state index contributed by atoms with van der Waals surface area (Å²) in [5.74, 6) is 0. The van der Waals surface area contributed by atoms with Gasteiger partial charge in [0.05, 0.1) is 6.61 Å². The molecule has 1 rings (SSSR count). The first-order chi connectivity index (χ1) is 5.20. The molecular formula is C6H10F3NO. The number of rotatable bonds is 3. The lowest BCUT2D eigenvalue weighted by molar-refractivity contribution is 0.0228. The Hall–Kier alpha value is -0.290. The SMILES string of the molecule is FC(F)C(F)NC1CCOC1. The van der Waals surface area contributed by atoms with Crippen molar-refractivity contribution < 1.29 is 17.9 Å². The lowest BCUT2D eigenvalue weighted by Crippen LogP contribution is -2.39. The van der Waals surface area contributed by atoms with Crippen LogP contribution in [0, 0.1) is 0 Å². The Labute approximate surface area is 62.7 Å². The molecule has 1 aliphatic rings. The fourth-order valence-corrected chi connectivity index (χ4v) is 0.964. The first-order valence-electron chi connectivity index (χ1n) is 3.46. The Balaban J connectivity index is 2.18. The predicted molar refractivity (Wildman–Crippen MR) is 33.3 cm³/mol. The fourth-order valence-electron chi connectivity index (χ4n) is 0.964. The fraction of sp³-hybridized carbons (Fsp3) is 1.00. The molecule has 1 heterocycles. The monoisotopic (exact) mass is 169 g/mol. The molecule has 2 nitrogen and oxygen atoms in total. The second-order valence-corrected chi connectivity index (χ2v) is 2.46. The van der Waals surface area contributed by atoms with Crippen LogP contribution < -0.4 is 5.32 Å². The standard InChI is InChI=1S/C6H10F3NO/c7-5(8)6(9)10-4-1-2-11-3-4/h4-6,10H,1-3H2. The zero-order valence-corrected chi connectivity index (χ0v) is 5.90. The third-order valence-corrected chi connectivity index (χ3v) is 1.55. The molecule has 1 N–H and O–H groups in total. The van der Waals surface area contributed by atoms with Crippen LogP contribution in [-0.4, -0.2) is 32.0 Å². The molecule has 66 valence electrons. The first-order valence-corrected chi connectivity index (χ1v) is 3.46. The normalized spacial score (nSPS) is 27.8. The lowest BCUT2D eigenvalue weighted by atomic mass is 10.2. The minimum atomic E-state index is -2.95. The number of alkyl halides is 3. The van der Waals surface area contributed by atoms with Gasteiger partial charge in [-0.2, -0.15) is 0 Å². The maximum absolute atomic E-state index is 12.3. The molecule has 5 heteroatoms. The maximum atomic E-state index is 12.3. The zero-order chi connectivity index (χ0) is 8.27. The molecule has 0 aromatic heterocycles. The number of halogens is 3. The average Bonchev–Trinajstić information content (AvgIpc) is 2.39. The van der Waals surface area contributed by atoms with Gasteiger partial charge in [-0.3, -0.25) is 5.32 Å². The van der Waals surface area contributed by atoms with Crippen LogP contribution in [0.5, 0.6) is 0 Å². The van der Waals surface area contributed by atoms with E-state index in [9.17, 15) is 13.2 Å². The quantitative estimate of drug-likeness (QED) is 0.634. The van der Waals surface area contributed by atoms with Crippen molar-refractivity contribution in [3.63, 3.8) is 0 Å². The van der Waals surface area contributed by atoms with Crippen LogP contribution in [-0.2, 0) is 4.74 Å². The van der Waals surface area contributed by atoms with Crippen molar-refractivity contribution in [3.05, 3.63) is 0 Å². The van der Waals surface area contributed by atoms with Crippen molar-refractivity contribution >= 4 is 0 Å². The molecular weight excluding hydrogens is 159 g/mol. The van der Waals surface area contributed by atoms with Gasteiger partial charge in [-0.15, -0.1) is 0 Å². The van der Waals surface area contributed by atoms with Gasteiger partial charge in [0.2, 0.25) is 6.30 Å². The van der Waals surface area contributed by atoms with Crippen LogP contribution >= 0.6 is 0 Å². The van der Waals surface area contributed by atoms with Crippen LogP contribution in [0.2, 0.25) is 0 Å². The number of nitrogens with one attached hydrogen (secondary N) is 1. The Bertz CT molecular complexity index is 116. The lowest BCUT2D eigenvalue weighted by Gasteiger charge is -2.13. The summed E-state index contributed by atoms with van der Waals surface area (Å²) in [7, 11) is 0. The van der Waals surface area contributed by atoms with Crippen molar-refractivity contribution in [1.82, 2.24) is 5.32 Å². The minimum absolute atomic E-state index is 0.251. The Kier molecular flexibility index (Phi) is 3.14. The molecule has 2 atom stereocenters. The van der Waals surface area contributed by atoms with Gasteiger partial charge in [0.1, 0.15) is 0 Å². The predicted octanol–water partition coefficient (Wildman–Crippen LogP) is 0.926. The Morgan fingerprint density at radius 3 is 2.55 bits per heavy atom. The highest BCUT2D eigenvalue weighted by atomic mass is 19.3. The smallest absolute Gasteiger partial charge is 0.282 e. The third kappa shape index (κ3) is 2.67. The van der Waals surface area contributed by atoms with Crippen molar-refractivity contribution in [3.8, 4) is 0 Å². The van der Waals surface area contributed by atoms with Gasteiger partial charge in [-0.1, -0.05) is 0 Å². The molecule has 0 aromatic rings. The van der Waals surface area contributed by atoms with Crippen LogP contribution in [0.1, 0.15) is 6.42 Å². The molecule has 0 amide bonds. The van der Waals surface area contributed by atoms with Gasteiger partial charge >= 0.3 is 0 Å². The summed E-state index contributed by atoms with van der Waals surface area (Å²) in [4.78, 5) is 0. The molecule has 11 heavy (non-hydrogen) atoms. The number of hydrogen-bond acceptors (Lipinski definition) is 2. The van der Waals surface area contributed by atoms with E-state index in [0.29, 0.717) is 19.6 Å².